The molecule has 1 aliphatic heterocycles. The van der Waals surface area contributed by atoms with E-state index < -0.39 is 0 Å². The summed E-state index contributed by atoms with van der Waals surface area (Å²) in [6.07, 6.45) is 8.36. The van der Waals surface area contributed by atoms with Crippen molar-refractivity contribution in [3.63, 3.8) is 0 Å². The first-order valence-electron chi connectivity index (χ1n) is 8.47. The van der Waals surface area contributed by atoms with Crippen molar-refractivity contribution in [1.82, 2.24) is 19.5 Å². The lowest BCUT2D eigenvalue weighted by molar-refractivity contribution is 0.348. The van der Waals surface area contributed by atoms with Crippen molar-refractivity contribution in [2.45, 2.75) is 38.1 Å². The Kier molecular flexibility index (Phi) is 4.00. The van der Waals surface area contributed by atoms with Crippen LogP contribution in [0.15, 0.2) is 29.7 Å². The molecule has 3 heterocycles. The van der Waals surface area contributed by atoms with Crippen LogP contribution in [0.2, 0.25) is 0 Å². The molecule has 1 aliphatic carbocycles. The van der Waals surface area contributed by atoms with E-state index in [-0.39, 0.29) is 11.4 Å². The van der Waals surface area contributed by atoms with Crippen LogP contribution in [0.4, 0.5) is 10.2 Å². The van der Waals surface area contributed by atoms with E-state index in [2.05, 4.69) is 15.0 Å². The fraction of sp³-hybridized carbons (Fsp3) is 0.529. The number of anilines is 1. The minimum Gasteiger partial charge on any atom is -0.354 e. The highest BCUT2D eigenvalue weighted by Crippen LogP contribution is 2.38. The van der Waals surface area contributed by atoms with Crippen molar-refractivity contribution in [2.75, 3.05) is 18.0 Å². The highest BCUT2D eigenvalue weighted by Gasteiger charge is 2.26. The first-order chi connectivity index (χ1) is 11.7. The quantitative estimate of drug-likeness (QED) is 0.858. The Morgan fingerprint density at radius 2 is 1.96 bits per heavy atom. The summed E-state index contributed by atoms with van der Waals surface area (Å²) >= 11 is 0. The summed E-state index contributed by atoms with van der Waals surface area (Å²) in [7, 11) is 0. The van der Waals surface area contributed by atoms with Crippen molar-refractivity contribution in [3.8, 4) is 0 Å². The van der Waals surface area contributed by atoms with E-state index >= 15 is 0 Å². The molecule has 1 saturated heterocycles. The molecule has 4 rings (SSSR count). The van der Waals surface area contributed by atoms with Gasteiger partial charge in [-0.2, -0.15) is 0 Å². The van der Waals surface area contributed by atoms with Crippen LogP contribution in [0, 0.1) is 11.7 Å². The smallest absolute Gasteiger partial charge is 0.253 e. The van der Waals surface area contributed by atoms with Crippen LogP contribution in [0.1, 0.15) is 37.3 Å². The molecule has 0 bridgehead atoms. The average Bonchev–Trinajstić information content (AvgIpc) is 3.43. The van der Waals surface area contributed by atoms with Crippen LogP contribution in [0.5, 0.6) is 0 Å². The van der Waals surface area contributed by atoms with E-state index in [1.807, 2.05) is 4.90 Å². The molecule has 2 fully saturated rings. The van der Waals surface area contributed by atoms with Crippen molar-refractivity contribution >= 4 is 5.82 Å². The molecule has 2 aromatic heterocycles. The zero-order valence-corrected chi connectivity index (χ0v) is 13.4. The molecule has 126 valence electrons. The van der Waals surface area contributed by atoms with Gasteiger partial charge in [-0.3, -0.25) is 9.36 Å². The molecule has 6 nitrogen and oxygen atoms in total. The lowest BCUT2D eigenvalue weighted by Gasteiger charge is -2.32. The maximum absolute atomic E-state index is 13.8. The second-order valence-corrected chi connectivity index (χ2v) is 6.70. The lowest BCUT2D eigenvalue weighted by atomic mass is 9.96. The summed E-state index contributed by atoms with van der Waals surface area (Å²) in [5.41, 5.74) is 0.974. The third-order valence-electron chi connectivity index (χ3n) is 4.91. The Morgan fingerprint density at radius 1 is 1.17 bits per heavy atom. The van der Waals surface area contributed by atoms with Gasteiger partial charge >= 0.3 is 0 Å². The number of rotatable bonds is 4. The van der Waals surface area contributed by atoms with Gasteiger partial charge in [0.15, 0.2) is 11.6 Å². The molecule has 0 N–H and O–H groups in total. The number of piperidine rings is 1. The highest BCUT2D eigenvalue weighted by molar-refractivity contribution is 5.38. The monoisotopic (exact) mass is 329 g/mol. The predicted molar refractivity (Wildman–Crippen MR) is 87.4 cm³/mol. The van der Waals surface area contributed by atoms with Crippen LogP contribution in [0.3, 0.4) is 0 Å². The molecule has 0 aromatic carbocycles. The van der Waals surface area contributed by atoms with Crippen LogP contribution >= 0.6 is 0 Å². The van der Waals surface area contributed by atoms with E-state index in [9.17, 15) is 9.18 Å². The van der Waals surface area contributed by atoms with E-state index in [0.717, 1.165) is 44.5 Å². The van der Waals surface area contributed by atoms with Crippen LogP contribution < -0.4 is 10.5 Å². The fourth-order valence-electron chi connectivity index (χ4n) is 3.32. The Labute approximate surface area is 139 Å². The normalized spacial score (nSPS) is 18.8. The van der Waals surface area contributed by atoms with Crippen molar-refractivity contribution < 1.29 is 4.39 Å². The molecule has 0 atom stereocenters. The molecule has 7 heteroatoms. The predicted octanol–water partition coefficient (Wildman–Crippen LogP) is 1.97. The second-order valence-electron chi connectivity index (χ2n) is 6.70. The maximum atomic E-state index is 13.8. The van der Waals surface area contributed by atoms with Crippen LogP contribution in [-0.2, 0) is 6.54 Å². The van der Waals surface area contributed by atoms with Crippen molar-refractivity contribution in [3.05, 3.63) is 46.8 Å². The topological polar surface area (TPSA) is 63.9 Å². The summed E-state index contributed by atoms with van der Waals surface area (Å²) in [4.78, 5) is 26.3. The fourth-order valence-corrected chi connectivity index (χ4v) is 3.32. The third-order valence-corrected chi connectivity index (χ3v) is 4.91. The largest absolute Gasteiger partial charge is 0.354 e. The van der Waals surface area contributed by atoms with Gasteiger partial charge in [-0.1, -0.05) is 0 Å². The van der Waals surface area contributed by atoms with Crippen LogP contribution in [0.25, 0.3) is 0 Å². The van der Waals surface area contributed by atoms with E-state index in [4.69, 9.17) is 0 Å². The summed E-state index contributed by atoms with van der Waals surface area (Å²) in [6, 6.07) is 1.68. The molecule has 2 aromatic rings. The van der Waals surface area contributed by atoms with Gasteiger partial charge in [0.05, 0.1) is 18.2 Å². The van der Waals surface area contributed by atoms with E-state index in [1.165, 1.54) is 12.5 Å². The molecular formula is C17H20FN5O. The molecule has 0 unspecified atom stereocenters. The number of hydrogen-bond acceptors (Lipinski definition) is 5. The van der Waals surface area contributed by atoms with Crippen molar-refractivity contribution in [1.29, 1.82) is 0 Å². The van der Waals surface area contributed by atoms with E-state index in [1.54, 1.807) is 17.0 Å². The molecule has 1 saturated carbocycles. The molecular weight excluding hydrogens is 309 g/mol. The number of aromatic nitrogens is 4. The Balaban J connectivity index is 1.38. The van der Waals surface area contributed by atoms with Gasteiger partial charge < -0.3 is 4.90 Å². The number of nitrogens with zero attached hydrogens (tertiary/aromatic N) is 5. The summed E-state index contributed by atoms with van der Waals surface area (Å²) in [6.45, 7) is 2.15. The average molecular weight is 329 g/mol. The SMILES string of the molecule is O=c1cc(C2CC2)ncn1CC1CCN(c2ncncc2F)CC1. The van der Waals surface area contributed by atoms with Crippen molar-refractivity contribution in [2.24, 2.45) is 5.92 Å². The molecule has 0 spiro atoms. The first-order valence-corrected chi connectivity index (χ1v) is 8.47. The Hall–Kier alpha value is -2.31. The van der Waals surface area contributed by atoms with Gasteiger partial charge in [0.25, 0.3) is 5.56 Å². The van der Waals surface area contributed by atoms with E-state index in [0.29, 0.717) is 24.2 Å². The van der Waals surface area contributed by atoms with Gasteiger partial charge in [0.2, 0.25) is 0 Å². The lowest BCUT2D eigenvalue weighted by Crippen LogP contribution is -2.37. The van der Waals surface area contributed by atoms with Gasteiger partial charge in [-0.25, -0.2) is 19.3 Å². The minimum atomic E-state index is -0.382. The van der Waals surface area contributed by atoms with Gasteiger partial charge in [0.1, 0.15) is 6.33 Å². The molecule has 0 amide bonds. The second kappa shape index (κ2) is 6.30. The molecule has 0 radical (unpaired) electrons. The van der Waals surface area contributed by atoms with Crippen LogP contribution in [-0.4, -0.2) is 32.6 Å². The summed E-state index contributed by atoms with van der Waals surface area (Å²) in [5.74, 6) is 0.888. The third kappa shape index (κ3) is 3.16. The molecule has 24 heavy (non-hydrogen) atoms. The standard InChI is InChI=1S/C17H20FN5O/c18-14-8-19-10-20-17(14)22-5-3-12(4-6-22)9-23-11-21-15(7-16(23)24)13-1-2-13/h7-8,10-13H,1-6,9H2. The van der Waals surface area contributed by atoms with Gasteiger partial charge in [0, 0.05) is 31.6 Å². The Morgan fingerprint density at radius 3 is 2.62 bits per heavy atom. The zero-order chi connectivity index (χ0) is 16.5. The van der Waals surface area contributed by atoms with Gasteiger partial charge in [-0.15, -0.1) is 0 Å². The number of hydrogen-bond donors (Lipinski definition) is 0. The van der Waals surface area contributed by atoms with Gasteiger partial charge in [-0.05, 0) is 31.6 Å². The summed E-state index contributed by atoms with van der Waals surface area (Å²) in [5, 5.41) is 0. The maximum Gasteiger partial charge on any atom is 0.253 e. The zero-order valence-electron chi connectivity index (χ0n) is 13.4. The molecule has 2 aliphatic rings. The number of halogens is 1. The highest BCUT2D eigenvalue weighted by atomic mass is 19.1. The minimum absolute atomic E-state index is 0.0381. The Bertz CT molecular complexity index is 781. The first kappa shape index (κ1) is 15.2. The summed E-state index contributed by atoms with van der Waals surface area (Å²) < 4.78 is 15.5.